The van der Waals surface area contributed by atoms with E-state index in [0.29, 0.717) is 13.2 Å². The van der Waals surface area contributed by atoms with Crippen molar-refractivity contribution in [2.45, 2.75) is 0 Å². The van der Waals surface area contributed by atoms with E-state index in [4.69, 9.17) is 27.9 Å². The third-order valence-corrected chi connectivity index (χ3v) is 4.38. The average Bonchev–Trinajstić information content (AvgIpc) is 2.35. The SMILES string of the molecule is O=S(=O)(Nc1c(Cl)ncnc1Cl)N1CCOCC1. The molecule has 1 aliphatic heterocycles. The maximum Gasteiger partial charge on any atom is 0.301 e. The fraction of sp³-hybridized carbons (Fsp3) is 0.500. The lowest BCUT2D eigenvalue weighted by atomic mass is 10.5. The molecule has 0 radical (unpaired) electrons. The van der Waals surface area contributed by atoms with Crippen LogP contribution in [-0.4, -0.2) is 49.0 Å². The van der Waals surface area contributed by atoms with Crippen molar-refractivity contribution in [1.29, 1.82) is 0 Å². The minimum atomic E-state index is -3.73. The summed E-state index contributed by atoms with van der Waals surface area (Å²) in [6.45, 7) is 1.26. The van der Waals surface area contributed by atoms with E-state index in [9.17, 15) is 8.42 Å². The zero-order valence-electron chi connectivity index (χ0n) is 9.14. The van der Waals surface area contributed by atoms with Crippen LogP contribution in [0.2, 0.25) is 10.3 Å². The van der Waals surface area contributed by atoms with Gasteiger partial charge in [-0.2, -0.15) is 12.7 Å². The molecular formula is C8H10Cl2N4O3S. The molecule has 0 atom stereocenters. The molecule has 0 unspecified atom stereocenters. The highest BCUT2D eigenvalue weighted by Crippen LogP contribution is 2.27. The number of nitrogens with one attached hydrogen (secondary N) is 1. The zero-order chi connectivity index (χ0) is 13.2. The second kappa shape index (κ2) is 5.54. The van der Waals surface area contributed by atoms with Crippen molar-refractivity contribution in [2.24, 2.45) is 0 Å². The van der Waals surface area contributed by atoms with E-state index in [-0.39, 0.29) is 29.1 Å². The van der Waals surface area contributed by atoms with Crippen LogP contribution in [0, 0.1) is 0 Å². The van der Waals surface area contributed by atoms with Gasteiger partial charge < -0.3 is 4.74 Å². The number of halogens is 2. The molecule has 7 nitrogen and oxygen atoms in total. The van der Waals surface area contributed by atoms with E-state index in [1.807, 2.05) is 0 Å². The summed E-state index contributed by atoms with van der Waals surface area (Å²) in [4.78, 5) is 7.34. The zero-order valence-corrected chi connectivity index (χ0v) is 11.5. The molecular weight excluding hydrogens is 303 g/mol. The van der Waals surface area contributed by atoms with Crippen LogP contribution in [-0.2, 0) is 14.9 Å². The lowest BCUT2D eigenvalue weighted by Gasteiger charge is -2.26. The van der Waals surface area contributed by atoms with Crippen molar-refractivity contribution in [2.75, 3.05) is 31.0 Å². The number of hydrogen-bond donors (Lipinski definition) is 1. The van der Waals surface area contributed by atoms with Gasteiger partial charge in [0.15, 0.2) is 10.3 Å². The summed E-state index contributed by atoms with van der Waals surface area (Å²) in [5.41, 5.74) is -0.0210. The molecule has 0 saturated carbocycles. The normalized spacial score (nSPS) is 17.7. The molecule has 2 rings (SSSR count). The number of morpholine rings is 1. The summed E-state index contributed by atoms with van der Waals surface area (Å²) in [6, 6.07) is 0. The summed E-state index contributed by atoms with van der Waals surface area (Å²) in [5, 5.41) is -0.0985. The Morgan fingerprint density at radius 1 is 1.22 bits per heavy atom. The first-order chi connectivity index (χ1) is 8.50. The third-order valence-electron chi connectivity index (χ3n) is 2.30. The summed E-state index contributed by atoms with van der Waals surface area (Å²) >= 11 is 11.5. The highest BCUT2D eigenvalue weighted by molar-refractivity contribution is 7.90. The number of hydrogen-bond acceptors (Lipinski definition) is 5. The summed E-state index contributed by atoms with van der Waals surface area (Å²) in [6.07, 6.45) is 1.15. The minimum Gasteiger partial charge on any atom is -0.379 e. The van der Waals surface area contributed by atoms with Crippen molar-refractivity contribution in [3.05, 3.63) is 16.6 Å². The highest BCUT2D eigenvalue weighted by Gasteiger charge is 2.26. The Balaban J connectivity index is 2.22. The van der Waals surface area contributed by atoms with Gasteiger partial charge in [0, 0.05) is 13.1 Å². The van der Waals surface area contributed by atoms with E-state index in [1.54, 1.807) is 0 Å². The van der Waals surface area contributed by atoms with Crippen LogP contribution in [0.5, 0.6) is 0 Å². The fourth-order valence-corrected chi connectivity index (χ4v) is 3.14. The van der Waals surface area contributed by atoms with Crippen LogP contribution in [0.25, 0.3) is 0 Å². The molecule has 100 valence electrons. The molecule has 1 fully saturated rings. The highest BCUT2D eigenvalue weighted by atomic mass is 35.5. The maximum absolute atomic E-state index is 12.0. The first-order valence-electron chi connectivity index (χ1n) is 5.02. The molecule has 0 aliphatic carbocycles. The Bertz CT molecular complexity index is 513. The number of ether oxygens (including phenoxy) is 1. The second-order valence-electron chi connectivity index (χ2n) is 3.45. The Kier molecular flexibility index (Phi) is 4.23. The minimum absolute atomic E-state index is 0.0210. The van der Waals surface area contributed by atoms with Gasteiger partial charge in [-0.15, -0.1) is 0 Å². The number of nitrogens with zero attached hydrogens (tertiary/aromatic N) is 3. The molecule has 0 aromatic carbocycles. The molecule has 0 bridgehead atoms. The van der Waals surface area contributed by atoms with Crippen molar-refractivity contribution in [3.63, 3.8) is 0 Å². The van der Waals surface area contributed by atoms with E-state index in [0.717, 1.165) is 6.33 Å². The molecule has 0 amide bonds. The molecule has 1 saturated heterocycles. The van der Waals surface area contributed by atoms with Gasteiger partial charge in [-0.1, -0.05) is 23.2 Å². The van der Waals surface area contributed by atoms with Gasteiger partial charge in [-0.25, -0.2) is 9.97 Å². The fourth-order valence-electron chi connectivity index (χ4n) is 1.41. The molecule has 1 N–H and O–H groups in total. The second-order valence-corrected chi connectivity index (χ2v) is 5.84. The van der Waals surface area contributed by atoms with E-state index < -0.39 is 10.2 Å². The smallest absolute Gasteiger partial charge is 0.301 e. The van der Waals surface area contributed by atoms with Gasteiger partial charge in [-0.3, -0.25) is 4.72 Å². The predicted molar refractivity (Wildman–Crippen MR) is 67.0 cm³/mol. The molecule has 10 heteroatoms. The van der Waals surface area contributed by atoms with Crippen molar-refractivity contribution < 1.29 is 13.2 Å². The maximum atomic E-state index is 12.0. The third kappa shape index (κ3) is 3.01. The molecule has 1 aromatic rings. The van der Waals surface area contributed by atoms with Gasteiger partial charge in [0.2, 0.25) is 0 Å². The van der Waals surface area contributed by atoms with Gasteiger partial charge >= 0.3 is 10.2 Å². The van der Waals surface area contributed by atoms with Crippen LogP contribution in [0.4, 0.5) is 5.69 Å². The monoisotopic (exact) mass is 312 g/mol. The standard InChI is InChI=1S/C8H10Cl2N4O3S/c9-7-6(8(10)12-5-11-7)13-18(15,16)14-1-3-17-4-2-14/h5,13H,1-4H2. The van der Waals surface area contributed by atoms with Crippen LogP contribution in [0.1, 0.15) is 0 Å². The Morgan fingerprint density at radius 2 is 1.78 bits per heavy atom. The van der Waals surface area contributed by atoms with Gasteiger partial charge in [-0.05, 0) is 0 Å². The van der Waals surface area contributed by atoms with Crippen molar-refractivity contribution >= 4 is 39.1 Å². The van der Waals surface area contributed by atoms with Crippen molar-refractivity contribution in [3.8, 4) is 0 Å². The number of aromatic nitrogens is 2. The first-order valence-corrected chi connectivity index (χ1v) is 7.22. The summed E-state index contributed by atoms with van der Waals surface area (Å²) < 4.78 is 32.7. The first kappa shape index (κ1) is 13.8. The van der Waals surface area contributed by atoms with Crippen LogP contribution in [0.15, 0.2) is 6.33 Å². The van der Waals surface area contributed by atoms with E-state index >= 15 is 0 Å². The lowest BCUT2D eigenvalue weighted by Crippen LogP contribution is -2.43. The van der Waals surface area contributed by atoms with Crippen LogP contribution in [0.3, 0.4) is 0 Å². The van der Waals surface area contributed by atoms with Crippen LogP contribution >= 0.6 is 23.2 Å². The summed E-state index contributed by atoms with van der Waals surface area (Å²) in [7, 11) is -3.73. The number of rotatable bonds is 3. The van der Waals surface area contributed by atoms with E-state index in [1.165, 1.54) is 4.31 Å². The molecule has 1 aliphatic rings. The molecule has 0 spiro atoms. The number of anilines is 1. The average molecular weight is 313 g/mol. The van der Waals surface area contributed by atoms with Crippen LogP contribution < -0.4 is 4.72 Å². The molecule has 18 heavy (non-hydrogen) atoms. The Morgan fingerprint density at radius 3 is 2.33 bits per heavy atom. The molecule has 1 aromatic heterocycles. The van der Waals surface area contributed by atoms with Crippen molar-refractivity contribution in [1.82, 2.24) is 14.3 Å². The lowest BCUT2D eigenvalue weighted by molar-refractivity contribution is 0.0733. The topological polar surface area (TPSA) is 84.4 Å². The predicted octanol–water partition coefficient (Wildman–Crippen LogP) is 0.772. The quantitative estimate of drug-likeness (QED) is 0.833. The van der Waals surface area contributed by atoms with Gasteiger partial charge in [0.25, 0.3) is 0 Å². The Labute approximate surface area is 114 Å². The molecule has 2 heterocycles. The summed E-state index contributed by atoms with van der Waals surface area (Å²) in [5.74, 6) is 0. The van der Waals surface area contributed by atoms with Gasteiger partial charge in [0.05, 0.1) is 13.2 Å². The Hall–Kier alpha value is -0.670. The van der Waals surface area contributed by atoms with E-state index in [2.05, 4.69) is 14.7 Å². The largest absolute Gasteiger partial charge is 0.379 e. The van der Waals surface area contributed by atoms with Gasteiger partial charge in [0.1, 0.15) is 12.0 Å².